The van der Waals surface area contributed by atoms with Crippen LogP contribution in [0, 0.1) is 17.8 Å². The third-order valence-electron chi connectivity index (χ3n) is 7.18. The molecule has 9 heteroatoms. The number of fused-ring (bicyclic) bond motifs is 3. The topological polar surface area (TPSA) is 105 Å². The standard InChI is InChI=1S/C26H26F2N2O5/c27-26(28)20(22(26)23(31)30-21(24(32)33)11-14-9-10-14)12-29-25(34)35-13-19-17-7-3-1-5-15(17)16-6-2-4-8-18(16)19/h1-8,14,19-22H,9-13H2,(H,29,34)(H,30,31)(H,32,33)/t20?,21-,22?/m0/s1. The summed E-state index contributed by atoms with van der Waals surface area (Å²) in [5, 5.41) is 13.8. The van der Waals surface area contributed by atoms with Gasteiger partial charge in [0.25, 0.3) is 5.92 Å². The van der Waals surface area contributed by atoms with Crippen LogP contribution in [0.4, 0.5) is 13.6 Å². The highest BCUT2D eigenvalue weighted by molar-refractivity contribution is 5.88. The molecule has 0 saturated heterocycles. The van der Waals surface area contributed by atoms with Gasteiger partial charge in [0.2, 0.25) is 5.91 Å². The van der Waals surface area contributed by atoms with E-state index in [1.165, 1.54) is 0 Å². The molecular weight excluding hydrogens is 458 g/mol. The molecule has 0 bridgehead atoms. The number of hydrogen-bond donors (Lipinski definition) is 3. The summed E-state index contributed by atoms with van der Waals surface area (Å²) in [7, 11) is 0. The lowest BCUT2D eigenvalue weighted by atomic mass is 9.98. The summed E-state index contributed by atoms with van der Waals surface area (Å²) in [6, 6.07) is 14.5. The van der Waals surface area contributed by atoms with Crippen LogP contribution in [0.2, 0.25) is 0 Å². The van der Waals surface area contributed by atoms with Crippen molar-refractivity contribution in [2.45, 2.75) is 37.1 Å². The summed E-state index contributed by atoms with van der Waals surface area (Å²) in [6.07, 6.45) is 1.16. The van der Waals surface area contributed by atoms with Crippen molar-refractivity contribution in [3.05, 3.63) is 59.7 Å². The summed E-state index contributed by atoms with van der Waals surface area (Å²) < 4.78 is 33.9. The van der Waals surface area contributed by atoms with Crippen molar-refractivity contribution >= 4 is 18.0 Å². The molecule has 0 heterocycles. The maximum atomic E-state index is 14.2. The van der Waals surface area contributed by atoms with Crippen molar-refractivity contribution in [1.29, 1.82) is 0 Å². The monoisotopic (exact) mass is 484 g/mol. The van der Waals surface area contributed by atoms with Crippen molar-refractivity contribution in [2.24, 2.45) is 17.8 Å². The number of carbonyl (C=O) groups is 3. The minimum Gasteiger partial charge on any atom is -0.480 e. The largest absolute Gasteiger partial charge is 0.480 e. The number of alkyl halides is 2. The molecule has 2 unspecified atom stereocenters. The lowest BCUT2D eigenvalue weighted by Crippen LogP contribution is -2.42. The van der Waals surface area contributed by atoms with Crippen LogP contribution in [0.15, 0.2) is 48.5 Å². The Labute approximate surface area is 200 Å². The van der Waals surface area contributed by atoms with Gasteiger partial charge in [0, 0.05) is 12.5 Å². The van der Waals surface area contributed by atoms with E-state index in [-0.39, 0.29) is 24.9 Å². The van der Waals surface area contributed by atoms with E-state index >= 15 is 0 Å². The molecule has 3 N–H and O–H groups in total. The number of carbonyl (C=O) groups excluding carboxylic acids is 2. The number of hydrogen-bond acceptors (Lipinski definition) is 4. The zero-order valence-electron chi connectivity index (χ0n) is 18.9. The van der Waals surface area contributed by atoms with Crippen LogP contribution in [0.5, 0.6) is 0 Å². The van der Waals surface area contributed by atoms with Crippen LogP contribution in [0.25, 0.3) is 11.1 Å². The van der Waals surface area contributed by atoms with E-state index in [1.807, 2.05) is 48.5 Å². The molecule has 0 spiro atoms. The first kappa shape index (κ1) is 23.3. The SMILES string of the molecule is O=C(NCC1C(C(=O)N[C@@H](CC2CC2)C(=O)O)C1(F)F)OCC1c2ccccc2-c2ccccc21. The number of rotatable bonds is 9. The second-order valence-electron chi connectivity index (χ2n) is 9.54. The van der Waals surface area contributed by atoms with Gasteiger partial charge in [0.05, 0.1) is 5.92 Å². The first-order chi connectivity index (χ1) is 16.8. The van der Waals surface area contributed by atoms with Crippen molar-refractivity contribution in [2.75, 3.05) is 13.2 Å². The first-order valence-corrected chi connectivity index (χ1v) is 11.8. The summed E-state index contributed by atoms with van der Waals surface area (Å²) in [5.74, 6) is -8.57. The molecule has 184 valence electrons. The van der Waals surface area contributed by atoms with Gasteiger partial charge >= 0.3 is 12.1 Å². The number of benzene rings is 2. The molecule has 3 aliphatic carbocycles. The summed E-state index contributed by atoms with van der Waals surface area (Å²) in [6.45, 7) is -0.394. The second-order valence-corrected chi connectivity index (χ2v) is 9.54. The smallest absolute Gasteiger partial charge is 0.407 e. The first-order valence-electron chi connectivity index (χ1n) is 11.8. The fraction of sp³-hybridized carbons (Fsp3) is 0.423. The Morgan fingerprint density at radius 3 is 2.20 bits per heavy atom. The highest BCUT2D eigenvalue weighted by atomic mass is 19.3. The van der Waals surface area contributed by atoms with Crippen molar-refractivity contribution < 1.29 is 33.0 Å². The molecular formula is C26H26F2N2O5. The van der Waals surface area contributed by atoms with Gasteiger partial charge in [0.1, 0.15) is 18.6 Å². The van der Waals surface area contributed by atoms with Gasteiger partial charge < -0.3 is 20.5 Å². The highest BCUT2D eigenvalue weighted by Gasteiger charge is 2.71. The number of halogens is 2. The lowest BCUT2D eigenvalue weighted by molar-refractivity contribution is -0.142. The van der Waals surface area contributed by atoms with Crippen LogP contribution in [0.3, 0.4) is 0 Å². The van der Waals surface area contributed by atoms with Crippen LogP contribution < -0.4 is 10.6 Å². The molecule has 0 radical (unpaired) electrons. The minimum atomic E-state index is -3.32. The van der Waals surface area contributed by atoms with Gasteiger partial charge in [-0.15, -0.1) is 0 Å². The van der Waals surface area contributed by atoms with Crippen LogP contribution in [0.1, 0.15) is 36.3 Å². The Morgan fingerprint density at radius 2 is 1.63 bits per heavy atom. The Kier molecular flexibility index (Phi) is 5.94. The Balaban J connectivity index is 1.14. The molecule has 35 heavy (non-hydrogen) atoms. The summed E-state index contributed by atoms with van der Waals surface area (Å²) >= 11 is 0. The van der Waals surface area contributed by atoms with Gasteiger partial charge in [-0.2, -0.15) is 0 Å². The average molecular weight is 484 g/mol. The fourth-order valence-corrected chi connectivity index (χ4v) is 5.01. The van der Waals surface area contributed by atoms with Crippen molar-refractivity contribution in [3.8, 4) is 11.1 Å². The van der Waals surface area contributed by atoms with E-state index in [0.29, 0.717) is 0 Å². The van der Waals surface area contributed by atoms with E-state index in [0.717, 1.165) is 35.1 Å². The molecule has 3 atom stereocenters. The van der Waals surface area contributed by atoms with Crippen molar-refractivity contribution in [1.82, 2.24) is 10.6 Å². The maximum Gasteiger partial charge on any atom is 0.407 e. The number of alkyl carbamates (subject to hydrolysis) is 1. The van der Waals surface area contributed by atoms with Crippen LogP contribution >= 0.6 is 0 Å². The highest BCUT2D eigenvalue weighted by Crippen LogP contribution is 2.55. The predicted octanol–water partition coefficient (Wildman–Crippen LogP) is 3.78. The Hall–Kier alpha value is -3.49. The number of ether oxygens (including phenoxy) is 1. The lowest BCUT2D eigenvalue weighted by Gasteiger charge is -2.15. The van der Waals surface area contributed by atoms with Crippen molar-refractivity contribution in [3.63, 3.8) is 0 Å². The second kappa shape index (κ2) is 8.94. The maximum absolute atomic E-state index is 14.2. The molecule has 2 fully saturated rings. The third kappa shape index (κ3) is 4.59. The minimum absolute atomic E-state index is 0.0479. The van der Waals surface area contributed by atoms with E-state index in [1.54, 1.807) is 0 Å². The molecule has 7 nitrogen and oxygen atoms in total. The fourth-order valence-electron chi connectivity index (χ4n) is 5.01. The molecule has 2 aromatic rings. The molecule has 2 aromatic carbocycles. The van der Waals surface area contributed by atoms with E-state index in [4.69, 9.17) is 4.74 Å². The van der Waals surface area contributed by atoms with Crippen LogP contribution in [-0.4, -0.2) is 48.2 Å². The van der Waals surface area contributed by atoms with Gasteiger partial charge in [-0.25, -0.2) is 18.4 Å². The van der Waals surface area contributed by atoms with E-state index in [9.17, 15) is 28.3 Å². The number of carboxylic acid groups (broad SMARTS) is 1. The molecule has 2 amide bonds. The molecule has 0 aromatic heterocycles. The van der Waals surface area contributed by atoms with E-state index < -0.39 is 48.3 Å². The predicted molar refractivity (Wildman–Crippen MR) is 122 cm³/mol. The number of aliphatic carboxylic acids is 1. The average Bonchev–Trinajstić information content (AvgIpc) is 3.72. The molecule has 5 rings (SSSR count). The van der Waals surface area contributed by atoms with Gasteiger partial charge in [-0.3, -0.25) is 4.79 Å². The third-order valence-corrected chi connectivity index (χ3v) is 7.18. The number of carboxylic acids is 1. The van der Waals surface area contributed by atoms with Gasteiger partial charge in [0.15, 0.2) is 0 Å². The zero-order valence-corrected chi connectivity index (χ0v) is 18.9. The summed E-state index contributed by atoms with van der Waals surface area (Å²) in [5.41, 5.74) is 4.21. The van der Waals surface area contributed by atoms with Gasteiger partial charge in [-0.05, 0) is 34.6 Å². The Morgan fingerprint density at radius 1 is 1.03 bits per heavy atom. The quantitative estimate of drug-likeness (QED) is 0.503. The van der Waals surface area contributed by atoms with E-state index in [2.05, 4.69) is 10.6 Å². The Bertz CT molecular complexity index is 1120. The normalized spacial score (nSPS) is 22.5. The molecule has 2 saturated carbocycles. The van der Waals surface area contributed by atoms with Gasteiger partial charge in [-0.1, -0.05) is 61.4 Å². The molecule has 3 aliphatic rings. The van der Waals surface area contributed by atoms with Crippen LogP contribution in [-0.2, 0) is 14.3 Å². The summed E-state index contributed by atoms with van der Waals surface area (Å²) in [4.78, 5) is 36.0. The molecule has 0 aliphatic heterocycles. The number of nitrogens with one attached hydrogen (secondary N) is 2. The number of amides is 2. The zero-order chi connectivity index (χ0) is 24.7.